The predicted octanol–water partition coefficient (Wildman–Crippen LogP) is 12.7. The number of anilines is 3. The van der Waals surface area contributed by atoms with Crippen molar-refractivity contribution in [1.82, 2.24) is 4.98 Å². The van der Waals surface area contributed by atoms with Crippen LogP contribution in [0.3, 0.4) is 0 Å². The molecule has 1 aromatic heterocycles. The average molecular weight is 649 g/mol. The minimum Gasteiger partial charge on any atom is -0.309 e. The van der Waals surface area contributed by atoms with Gasteiger partial charge in [0.05, 0.1) is 22.5 Å². The van der Waals surface area contributed by atoms with E-state index in [0.29, 0.717) is 0 Å². The Labute approximate surface area is 296 Å². The second kappa shape index (κ2) is 10.5. The normalized spacial score (nSPS) is 15.6. The maximum Gasteiger partial charge on any atom is 0.0894 e. The van der Waals surface area contributed by atoms with Crippen molar-refractivity contribution in [1.29, 1.82) is 0 Å². The average Bonchev–Trinajstić information content (AvgIpc) is 3.49. The van der Waals surface area contributed by atoms with E-state index < -0.39 is 5.41 Å². The molecule has 2 heterocycles. The van der Waals surface area contributed by atoms with Gasteiger partial charge in [0.25, 0.3) is 0 Å². The zero-order chi connectivity index (χ0) is 33.7. The number of rotatable bonds is 3. The quantitative estimate of drug-likeness (QED) is 0.177. The summed E-state index contributed by atoms with van der Waals surface area (Å²) in [6, 6.07) is 62.7. The van der Waals surface area contributed by atoms with Gasteiger partial charge in [0.15, 0.2) is 0 Å². The summed E-state index contributed by atoms with van der Waals surface area (Å²) in [5, 5.41) is 7.59. The van der Waals surface area contributed by atoms with E-state index in [1.165, 1.54) is 88.2 Å². The lowest BCUT2D eigenvalue weighted by atomic mass is 9.66. The standard InChI is InChI=1S/C49H32N2/c1-31-13-5-9-21-43(31)49(34-15-3-2-4-16-34)47-40-19-11-23-45-46(40)41(30-42(47)39-20-12-28-50-48(39)49)38-18-8-10-22-44(38)51(45)35-26-27-37-33(29-35)25-24-32-14-6-7-17-36(32)37/h2-30H,1H3. The number of benzene rings is 8. The van der Waals surface area contributed by atoms with Crippen LogP contribution >= 0.6 is 0 Å². The van der Waals surface area contributed by atoms with Crippen LogP contribution in [0.25, 0.3) is 54.6 Å². The van der Waals surface area contributed by atoms with Gasteiger partial charge >= 0.3 is 0 Å². The highest BCUT2D eigenvalue weighted by Crippen LogP contribution is 2.61. The summed E-state index contributed by atoms with van der Waals surface area (Å²) in [5.41, 5.74) is 14.1. The molecule has 1 aliphatic heterocycles. The molecule has 2 heteroatoms. The molecule has 2 nitrogen and oxygen atoms in total. The van der Waals surface area contributed by atoms with Crippen molar-refractivity contribution < 1.29 is 0 Å². The molecule has 1 atom stereocenters. The highest BCUT2D eigenvalue weighted by atomic mass is 15.2. The number of para-hydroxylation sites is 1. The summed E-state index contributed by atoms with van der Waals surface area (Å²) in [6.07, 6.45) is 1.97. The molecule has 0 bridgehead atoms. The number of pyridine rings is 1. The third-order valence-corrected chi connectivity index (χ3v) is 11.4. The molecule has 0 radical (unpaired) electrons. The van der Waals surface area contributed by atoms with Crippen molar-refractivity contribution >= 4 is 49.4 Å². The fraction of sp³-hybridized carbons (Fsp3) is 0.0408. The van der Waals surface area contributed by atoms with Gasteiger partial charge < -0.3 is 4.90 Å². The van der Waals surface area contributed by atoms with Crippen LogP contribution in [0.15, 0.2) is 176 Å². The first-order valence-electron chi connectivity index (χ1n) is 17.7. The molecular formula is C49H32N2. The van der Waals surface area contributed by atoms with E-state index in [2.05, 4.69) is 182 Å². The van der Waals surface area contributed by atoms with Crippen LogP contribution in [0.1, 0.15) is 27.9 Å². The number of aryl methyl sites for hydroxylation is 1. The zero-order valence-corrected chi connectivity index (χ0v) is 28.1. The molecule has 1 unspecified atom stereocenters. The first-order chi connectivity index (χ1) is 25.2. The van der Waals surface area contributed by atoms with Crippen molar-refractivity contribution in [3.05, 3.63) is 204 Å². The lowest BCUT2D eigenvalue weighted by molar-refractivity contribution is 0.738. The van der Waals surface area contributed by atoms with Crippen LogP contribution in [0, 0.1) is 6.92 Å². The Bertz CT molecular complexity index is 2890. The summed E-state index contributed by atoms with van der Waals surface area (Å²) in [4.78, 5) is 7.74. The van der Waals surface area contributed by atoms with Crippen LogP contribution < -0.4 is 4.90 Å². The largest absolute Gasteiger partial charge is 0.309 e. The van der Waals surface area contributed by atoms with E-state index in [9.17, 15) is 0 Å². The third-order valence-electron chi connectivity index (χ3n) is 11.4. The van der Waals surface area contributed by atoms with E-state index in [1.807, 2.05) is 6.20 Å². The van der Waals surface area contributed by atoms with E-state index in [0.717, 1.165) is 11.4 Å². The van der Waals surface area contributed by atoms with Crippen molar-refractivity contribution in [2.24, 2.45) is 0 Å². The topological polar surface area (TPSA) is 16.1 Å². The second-order valence-corrected chi connectivity index (χ2v) is 13.9. The molecule has 8 aromatic carbocycles. The number of hydrogen-bond acceptors (Lipinski definition) is 2. The lowest BCUT2D eigenvalue weighted by Crippen LogP contribution is -2.31. The number of nitrogens with zero attached hydrogens (tertiary/aromatic N) is 2. The molecule has 51 heavy (non-hydrogen) atoms. The number of aromatic nitrogens is 1. The molecule has 0 saturated heterocycles. The SMILES string of the molecule is Cc1ccccc1C1(c2ccccc2)c2ncccc2-c2cc3c4c(cccc4c21)N(c1ccc2c(ccc4ccccc42)c1)c1ccccc1-3. The molecular weight excluding hydrogens is 617 g/mol. The van der Waals surface area contributed by atoms with Crippen molar-refractivity contribution in [2.75, 3.05) is 4.90 Å². The minimum atomic E-state index is -0.596. The van der Waals surface area contributed by atoms with Gasteiger partial charge in [-0.05, 0) is 104 Å². The fourth-order valence-corrected chi connectivity index (χ4v) is 9.34. The molecule has 0 saturated carbocycles. The zero-order valence-electron chi connectivity index (χ0n) is 28.1. The third kappa shape index (κ3) is 3.74. The minimum absolute atomic E-state index is 0.596. The molecule has 0 amide bonds. The molecule has 2 aliphatic rings. The summed E-state index contributed by atoms with van der Waals surface area (Å²) >= 11 is 0. The Morgan fingerprint density at radius 3 is 2.14 bits per heavy atom. The maximum atomic E-state index is 5.27. The van der Waals surface area contributed by atoms with Crippen molar-refractivity contribution in [2.45, 2.75) is 12.3 Å². The van der Waals surface area contributed by atoms with Gasteiger partial charge in [0.1, 0.15) is 0 Å². The Hall–Kier alpha value is -6.51. The van der Waals surface area contributed by atoms with Crippen molar-refractivity contribution in [3.8, 4) is 22.3 Å². The van der Waals surface area contributed by atoms with Crippen LogP contribution in [0.2, 0.25) is 0 Å². The highest BCUT2D eigenvalue weighted by Gasteiger charge is 2.50. The van der Waals surface area contributed by atoms with Gasteiger partial charge in [0, 0.05) is 28.4 Å². The Kier molecular flexibility index (Phi) is 5.83. The molecule has 0 spiro atoms. The van der Waals surface area contributed by atoms with Gasteiger partial charge in [-0.25, -0.2) is 0 Å². The van der Waals surface area contributed by atoms with E-state index in [4.69, 9.17) is 4.98 Å². The summed E-state index contributed by atoms with van der Waals surface area (Å²) in [7, 11) is 0. The van der Waals surface area contributed by atoms with Gasteiger partial charge in [-0.1, -0.05) is 133 Å². The van der Waals surface area contributed by atoms with Crippen LogP contribution in [0.4, 0.5) is 17.1 Å². The molecule has 9 aromatic rings. The van der Waals surface area contributed by atoms with Crippen LogP contribution in [-0.2, 0) is 5.41 Å². The Morgan fingerprint density at radius 1 is 0.490 bits per heavy atom. The predicted molar refractivity (Wildman–Crippen MR) is 212 cm³/mol. The van der Waals surface area contributed by atoms with E-state index in [-0.39, 0.29) is 0 Å². The Morgan fingerprint density at radius 2 is 1.22 bits per heavy atom. The van der Waals surface area contributed by atoms with Gasteiger partial charge in [-0.15, -0.1) is 0 Å². The number of hydrogen-bond donors (Lipinski definition) is 0. The maximum absolute atomic E-state index is 5.27. The summed E-state index contributed by atoms with van der Waals surface area (Å²) in [6.45, 7) is 2.24. The van der Waals surface area contributed by atoms with Gasteiger partial charge in [-0.3, -0.25) is 4.98 Å². The first kappa shape index (κ1) is 28.3. The van der Waals surface area contributed by atoms with Crippen molar-refractivity contribution in [3.63, 3.8) is 0 Å². The lowest BCUT2D eigenvalue weighted by Gasteiger charge is -2.37. The van der Waals surface area contributed by atoms with E-state index >= 15 is 0 Å². The number of fused-ring (bicyclic) bond motifs is 9. The summed E-state index contributed by atoms with van der Waals surface area (Å²) < 4.78 is 0. The molecule has 1 aliphatic carbocycles. The van der Waals surface area contributed by atoms with Gasteiger partial charge in [0.2, 0.25) is 0 Å². The smallest absolute Gasteiger partial charge is 0.0894 e. The molecule has 0 N–H and O–H groups in total. The fourth-order valence-electron chi connectivity index (χ4n) is 9.34. The highest BCUT2D eigenvalue weighted by molar-refractivity contribution is 6.18. The van der Waals surface area contributed by atoms with E-state index in [1.54, 1.807) is 0 Å². The Balaban J connectivity index is 1.27. The second-order valence-electron chi connectivity index (χ2n) is 13.9. The first-order valence-corrected chi connectivity index (χ1v) is 17.7. The molecule has 11 rings (SSSR count). The van der Waals surface area contributed by atoms with Crippen LogP contribution in [0.5, 0.6) is 0 Å². The summed E-state index contributed by atoms with van der Waals surface area (Å²) in [5.74, 6) is 0. The molecule has 0 fully saturated rings. The van der Waals surface area contributed by atoms with Crippen LogP contribution in [-0.4, -0.2) is 4.98 Å². The van der Waals surface area contributed by atoms with Gasteiger partial charge in [-0.2, -0.15) is 0 Å². The monoisotopic (exact) mass is 648 g/mol. The molecule has 238 valence electrons.